The highest BCUT2D eigenvalue weighted by Gasteiger charge is 2.48. The summed E-state index contributed by atoms with van der Waals surface area (Å²) in [4.78, 5) is 0. The first-order valence-electron chi connectivity index (χ1n) is 4.97. The first-order chi connectivity index (χ1) is 7.97. The second-order valence-corrected chi connectivity index (χ2v) is 5.45. The molecule has 0 amide bonds. The lowest BCUT2D eigenvalue weighted by atomic mass is 9.95. The lowest BCUT2D eigenvalue weighted by Gasteiger charge is -2.25. The smallest absolute Gasteiger partial charge is 0.285 e. The summed E-state index contributed by atoms with van der Waals surface area (Å²) in [6.07, 6.45) is 7.33. The Labute approximate surface area is 99.0 Å². The van der Waals surface area contributed by atoms with Crippen molar-refractivity contribution in [2.45, 2.75) is 11.2 Å². The third-order valence-electron chi connectivity index (χ3n) is 2.75. The highest BCUT2D eigenvalue weighted by molar-refractivity contribution is 7.87. The molecule has 0 radical (unpaired) electrons. The molecule has 0 fully saturated rings. The third kappa shape index (κ3) is 1.85. The minimum absolute atomic E-state index is 0.0110. The summed E-state index contributed by atoms with van der Waals surface area (Å²) in [5.74, 6) is 0. The van der Waals surface area contributed by atoms with E-state index in [4.69, 9.17) is 0 Å². The average Bonchev–Trinajstić information content (AvgIpc) is 2.29. The minimum atomic E-state index is -4.42. The number of hydrogen-bond acceptors (Lipinski definition) is 3. The molecule has 90 valence electrons. The van der Waals surface area contributed by atoms with Gasteiger partial charge in [-0.15, -0.1) is 0 Å². The highest BCUT2D eigenvalue weighted by Crippen LogP contribution is 2.35. The maximum atomic E-state index is 11.7. The van der Waals surface area contributed by atoms with Gasteiger partial charge in [0.15, 0.2) is 6.20 Å². The van der Waals surface area contributed by atoms with Crippen LogP contribution in [0.3, 0.4) is 0 Å². The largest absolute Gasteiger partial charge is 0.618 e. The maximum Gasteiger partial charge on any atom is 0.285 e. The van der Waals surface area contributed by atoms with Crippen molar-refractivity contribution in [3.8, 4) is 0 Å². The lowest BCUT2D eigenvalue weighted by Crippen LogP contribution is -2.45. The zero-order valence-electron chi connectivity index (χ0n) is 8.85. The molecule has 1 aromatic heterocycles. The summed E-state index contributed by atoms with van der Waals surface area (Å²) >= 11 is 0. The van der Waals surface area contributed by atoms with E-state index >= 15 is 0 Å². The van der Waals surface area contributed by atoms with E-state index in [0.717, 1.165) is 0 Å². The van der Waals surface area contributed by atoms with E-state index in [1.54, 1.807) is 18.2 Å². The molecule has 1 aromatic rings. The van der Waals surface area contributed by atoms with Gasteiger partial charge in [-0.3, -0.25) is 4.55 Å². The first-order valence-corrected chi connectivity index (χ1v) is 6.41. The Kier molecular flexibility index (Phi) is 2.76. The molecule has 0 saturated heterocycles. The molecule has 1 heterocycles. The Morgan fingerprint density at radius 3 is 2.65 bits per heavy atom. The van der Waals surface area contributed by atoms with Gasteiger partial charge in [-0.2, -0.15) is 13.1 Å². The van der Waals surface area contributed by atoms with Crippen LogP contribution in [0.4, 0.5) is 0 Å². The van der Waals surface area contributed by atoms with Crippen LogP contribution in [0.2, 0.25) is 0 Å². The molecule has 6 heteroatoms. The van der Waals surface area contributed by atoms with Gasteiger partial charge < -0.3 is 5.21 Å². The van der Waals surface area contributed by atoms with Crippen LogP contribution in [0.1, 0.15) is 12.1 Å². The summed E-state index contributed by atoms with van der Waals surface area (Å²) in [7, 11) is -4.42. The van der Waals surface area contributed by atoms with Gasteiger partial charge in [0.2, 0.25) is 10.4 Å². The second kappa shape index (κ2) is 3.97. The van der Waals surface area contributed by atoms with Gasteiger partial charge in [0, 0.05) is 18.6 Å². The summed E-state index contributed by atoms with van der Waals surface area (Å²) in [5, 5.41) is 11.7. The Morgan fingerprint density at radius 2 is 2.12 bits per heavy atom. The molecule has 1 N–H and O–H groups in total. The van der Waals surface area contributed by atoms with E-state index in [2.05, 4.69) is 0 Å². The average molecular weight is 253 g/mol. The van der Waals surface area contributed by atoms with Crippen molar-refractivity contribution in [3.05, 3.63) is 59.6 Å². The van der Waals surface area contributed by atoms with Gasteiger partial charge in [0.25, 0.3) is 10.1 Å². The zero-order chi connectivity index (χ0) is 12.5. The number of rotatable bonds is 2. The third-order valence-corrected chi connectivity index (χ3v) is 4.18. The molecule has 1 atom stereocenters. The van der Waals surface area contributed by atoms with Gasteiger partial charge in [-0.1, -0.05) is 24.3 Å². The monoisotopic (exact) mass is 253 g/mol. The fourth-order valence-electron chi connectivity index (χ4n) is 1.87. The van der Waals surface area contributed by atoms with Gasteiger partial charge in [0.05, 0.1) is 0 Å². The van der Waals surface area contributed by atoms with Crippen molar-refractivity contribution in [2.24, 2.45) is 0 Å². The Balaban J connectivity index is 2.69. The highest BCUT2D eigenvalue weighted by atomic mass is 32.2. The van der Waals surface area contributed by atoms with Crippen LogP contribution >= 0.6 is 0 Å². The zero-order valence-corrected chi connectivity index (χ0v) is 9.67. The van der Waals surface area contributed by atoms with Crippen molar-refractivity contribution in [3.63, 3.8) is 0 Å². The summed E-state index contributed by atoms with van der Waals surface area (Å²) in [5.41, 5.74) is -0.0110. The summed E-state index contributed by atoms with van der Waals surface area (Å²) in [6.45, 7) is 0. The van der Waals surface area contributed by atoms with Crippen LogP contribution in [0, 0.1) is 5.21 Å². The lowest BCUT2D eigenvalue weighted by molar-refractivity contribution is -0.616. The standard InChI is InChI=1S/C11H11NO4S/c13-12-9-5-2-6-10(12)11(17(14,15)16)7-3-1-4-8-11/h1-7,9H,8H2,(H,14,15,16). The number of pyridine rings is 1. The van der Waals surface area contributed by atoms with E-state index < -0.39 is 14.9 Å². The number of nitrogens with zero attached hydrogens (tertiary/aromatic N) is 1. The number of allylic oxidation sites excluding steroid dienone is 3. The molecule has 5 nitrogen and oxygen atoms in total. The normalized spacial score (nSPS) is 23.8. The number of aromatic nitrogens is 1. The minimum Gasteiger partial charge on any atom is -0.618 e. The molecule has 0 saturated carbocycles. The van der Waals surface area contributed by atoms with Crippen LogP contribution in [-0.2, 0) is 14.9 Å². The molecule has 1 unspecified atom stereocenters. The summed E-state index contributed by atoms with van der Waals surface area (Å²) in [6, 6.07) is 4.45. The van der Waals surface area contributed by atoms with Crippen LogP contribution in [0.5, 0.6) is 0 Å². The Morgan fingerprint density at radius 1 is 1.35 bits per heavy atom. The predicted molar refractivity (Wildman–Crippen MR) is 61.5 cm³/mol. The van der Waals surface area contributed by atoms with Crippen LogP contribution in [0.25, 0.3) is 0 Å². The Bertz CT molecular complexity index is 591. The molecule has 0 spiro atoms. The van der Waals surface area contributed by atoms with Crippen molar-refractivity contribution in [2.75, 3.05) is 0 Å². The molecule has 0 bridgehead atoms. The molecule has 17 heavy (non-hydrogen) atoms. The molecular weight excluding hydrogens is 242 g/mol. The van der Waals surface area contributed by atoms with E-state index in [1.807, 2.05) is 0 Å². The molecule has 1 aliphatic carbocycles. The van der Waals surface area contributed by atoms with Crippen LogP contribution < -0.4 is 4.73 Å². The van der Waals surface area contributed by atoms with Crippen molar-refractivity contribution in [1.82, 2.24) is 0 Å². The van der Waals surface area contributed by atoms with Crippen molar-refractivity contribution < 1.29 is 17.7 Å². The topological polar surface area (TPSA) is 81.3 Å². The molecule has 2 rings (SSSR count). The predicted octanol–water partition coefficient (Wildman–Crippen LogP) is 0.919. The van der Waals surface area contributed by atoms with E-state index in [1.165, 1.54) is 30.5 Å². The van der Waals surface area contributed by atoms with Gasteiger partial charge >= 0.3 is 0 Å². The van der Waals surface area contributed by atoms with Crippen molar-refractivity contribution in [1.29, 1.82) is 0 Å². The fourth-order valence-corrected chi connectivity index (χ4v) is 2.85. The Hall–Kier alpha value is -1.66. The fraction of sp³-hybridized carbons (Fsp3) is 0.182. The quantitative estimate of drug-likeness (QED) is 0.482. The molecule has 0 aromatic carbocycles. The van der Waals surface area contributed by atoms with Crippen molar-refractivity contribution >= 4 is 10.1 Å². The van der Waals surface area contributed by atoms with E-state index in [-0.39, 0.29) is 12.1 Å². The van der Waals surface area contributed by atoms with E-state index in [9.17, 15) is 18.2 Å². The second-order valence-electron chi connectivity index (χ2n) is 3.77. The SMILES string of the molecule is O=S(=O)(O)C1(c2cccc[n+]2[O-])C=CC=CC1. The van der Waals surface area contributed by atoms with Crippen LogP contribution in [-0.4, -0.2) is 13.0 Å². The van der Waals surface area contributed by atoms with Gasteiger partial charge in [0.1, 0.15) is 0 Å². The van der Waals surface area contributed by atoms with Gasteiger partial charge in [-0.05, 0) is 6.07 Å². The summed E-state index contributed by atoms with van der Waals surface area (Å²) < 4.78 is 31.3. The molecule has 0 aliphatic heterocycles. The molecular formula is C11H11NO4S. The van der Waals surface area contributed by atoms with Crippen LogP contribution in [0.15, 0.2) is 48.7 Å². The molecule has 1 aliphatic rings. The first kappa shape index (κ1) is 11.8. The number of hydrogen-bond donors (Lipinski definition) is 1. The van der Waals surface area contributed by atoms with E-state index in [0.29, 0.717) is 4.73 Å². The maximum absolute atomic E-state index is 11.7. The van der Waals surface area contributed by atoms with Gasteiger partial charge in [-0.25, -0.2) is 0 Å².